The van der Waals surface area contributed by atoms with Crippen LogP contribution in [0.15, 0.2) is 11.8 Å². The van der Waals surface area contributed by atoms with Gasteiger partial charge in [-0.25, -0.2) is 13.2 Å². The summed E-state index contributed by atoms with van der Waals surface area (Å²) in [5.74, 6) is -13.9. The van der Waals surface area contributed by atoms with Crippen molar-refractivity contribution < 1.29 is 75.2 Å². The van der Waals surface area contributed by atoms with Crippen LogP contribution in [-0.2, 0) is 33.2 Å². The molecule has 1 aromatic rings. The van der Waals surface area contributed by atoms with Crippen molar-refractivity contribution in [2.75, 3.05) is 72.6 Å². The predicted molar refractivity (Wildman–Crippen MR) is 158 cm³/mol. The first kappa shape index (κ1) is 41.7. The van der Waals surface area contributed by atoms with E-state index in [0.29, 0.717) is 51.9 Å². The normalized spacial score (nSPS) is 20.6. The first-order chi connectivity index (χ1) is 23.0. The highest BCUT2D eigenvalue weighted by Gasteiger charge is 2.36. The molecule has 5 unspecified atom stereocenters. The Morgan fingerprint density at radius 1 is 0.812 bits per heavy atom. The van der Waals surface area contributed by atoms with Crippen molar-refractivity contribution in [3.8, 4) is 5.75 Å². The second-order valence-electron chi connectivity index (χ2n) is 10.8. The number of aliphatic hydroxyl groups excluding tert-OH is 3. The average Bonchev–Trinajstić information content (AvgIpc) is 3.07. The van der Waals surface area contributed by atoms with Crippen molar-refractivity contribution in [1.82, 2.24) is 5.32 Å². The van der Waals surface area contributed by atoms with Crippen LogP contribution in [0.2, 0.25) is 0 Å². The van der Waals surface area contributed by atoms with Gasteiger partial charge in [-0.05, 0) is 30.5 Å². The Bertz CT molecular complexity index is 1100. The van der Waals surface area contributed by atoms with E-state index in [1.807, 2.05) is 6.20 Å². The van der Waals surface area contributed by atoms with Crippen LogP contribution in [0.1, 0.15) is 39.5 Å². The van der Waals surface area contributed by atoms with Gasteiger partial charge in [-0.15, -0.1) is 0 Å². The van der Waals surface area contributed by atoms with Gasteiger partial charge in [-0.3, -0.25) is 4.79 Å². The summed E-state index contributed by atoms with van der Waals surface area (Å²) in [5.41, 5.74) is 1.16. The van der Waals surface area contributed by atoms with E-state index < -0.39 is 71.8 Å². The maximum Gasteiger partial charge on any atom is 0.313 e. The summed E-state index contributed by atoms with van der Waals surface area (Å²) in [6, 6.07) is 0. The number of nitrogens with one attached hydrogen (secondary N) is 1. The predicted octanol–water partition coefficient (Wildman–Crippen LogP) is 2.50. The molecule has 1 aromatic carbocycles. The van der Waals surface area contributed by atoms with Crippen molar-refractivity contribution in [2.24, 2.45) is 5.92 Å². The number of rotatable bonds is 24. The lowest BCUT2D eigenvalue weighted by Crippen LogP contribution is -2.50. The van der Waals surface area contributed by atoms with Gasteiger partial charge in [-0.1, -0.05) is 13.8 Å². The lowest BCUT2D eigenvalue weighted by Gasteiger charge is -2.34. The van der Waals surface area contributed by atoms with Crippen molar-refractivity contribution >= 4 is 5.97 Å². The number of hydrogen-bond acceptors (Lipinski definition) is 12. The van der Waals surface area contributed by atoms with E-state index in [2.05, 4.69) is 23.9 Å². The minimum atomic E-state index is -2.35. The molecule has 0 bridgehead atoms. The highest BCUT2D eigenvalue weighted by Crippen LogP contribution is 2.29. The number of benzene rings is 1. The average molecular weight is 704 g/mol. The topological polar surface area (TPSA) is 154 Å². The molecule has 0 radical (unpaired) electrons. The van der Waals surface area contributed by atoms with Crippen molar-refractivity contribution in [3.05, 3.63) is 40.9 Å². The fraction of sp³-hybridized carbons (Fsp3) is 0.710. The first-order valence-corrected chi connectivity index (χ1v) is 15.7. The van der Waals surface area contributed by atoms with Crippen LogP contribution in [-0.4, -0.2) is 119 Å². The van der Waals surface area contributed by atoms with Gasteiger partial charge >= 0.3 is 5.97 Å². The van der Waals surface area contributed by atoms with Gasteiger partial charge in [0.2, 0.25) is 34.8 Å². The maximum atomic E-state index is 13.6. The van der Waals surface area contributed by atoms with Gasteiger partial charge < -0.3 is 53.8 Å². The Morgan fingerprint density at radius 2 is 1.33 bits per heavy atom. The van der Waals surface area contributed by atoms with Crippen LogP contribution in [0.4, 0.5) is 22.0 Å². The van der Waals surface area contributed by atoms with Crippen LogP contribution in [0, 0.1) is 35.0 Å². The van der Waals surface area contributed by atoms with E-state index in [9.17, 15) is 42.1 Å². The van der Waals surface area contributed by atoms with E-state index in [1.165, 1.54) is 0 Å². The molecule has 1 saturated heterocycles. The molecule has 0 aromatic heterocycles. The second-order valence-corrected chi connectivity index (χ2v) is 10.8. The fourth-order valence-corrected chi connectivity index (χ4v) is 4.27. The zero-order valence-corrected chi connectivity index (χ0v) is 27.1. The fourth-order valence-electron chi connectivity index (χ4n) is 4.27. The van der Waals surface area contributed by atoms with Crippen LogP contribution < -0.4 is 10.1 Å². The van der Waals surface area contributed by atoms with Gasteiger partial charge in [0.05, 0.1) is 78.6 Å². The summed E-state index contributed by atoms with van der Waals surface area (Å²) in [5, 5.41) is 32.6. The molecule has 4 N–H and O–H groups in total. The molecule has 48 heavy (non-hydrogen) atoms. The summed E-state index contributed by atoms with van der Waals surface area (Å²) in [6.45, 7) is 6.96. The van der Waals surface area contributed by atoms with Crippen LogP contribution in [0.3, 0.4) is 0 Å². The Kier molecular flexibility index (Phi) is 20.0. The zero-order valence-electron chi connectivity index (χ0n) is 27.1. The highest BCUT2D eigenvalue weighted by molar-refractivity contribution is 5.72. The molecular weight excluding hydrogens is 657 g/mol. The molecule has 1 heterocycles. The van der Waals surface area contributed by atoms with Gasteiger partial charge in [0.25, 0.3) is 0 Å². The molecule has 1 aliphatic rings. The number of halogens is 5. The Hall–Kier alpha value is -2.48. The summed E-state index contributed by atoms with van der Waals surface area (Å²) in [6.07, 6.45) is -1.08. The lowest BCUT2D eigenvalue weighted by atomic mass is 9.97. The monoisotopic (exact) mass is 703 g/mol. The number of carbonyl (C=O) groups excluding carboxylic acids is 1. The molecule has 0 spiro atoms. The molecule has 5 atom stereocenters. The number of carbonyl (C=O) groups is 1. The SMILES string of the molecule is CCC(C)/C(=C\NCCOCCOCCOCCOCCC(=O)Oc1c(F)c(F)c(F)c(F)c1F)CCOCC1OC(O)CC(O)C1O. The standard InChI is InChI=1S/C31H46F5NO11/c1-3-19(2)20(4-7-46-18-22-30(41)21(38)16-24(40)47-22)17-37-6-9-43-11-13-45-15-14-44-12-10-42-8-5-23(39)48-31-28(35)26(33)25(32)27(34)29(31)36/h17,19,21-22,24,30,37-38,40-41H,3-16,18H2,1-2H3/b20-17-. The molecule has 17 heteroatoms. The minimum Gasteiger partial charge on any atom is -0.420 e. The summed E-state index contributed by atoms with van der Waals surface area (Å²) >= 11 is 0. The van der Waals surface area contributed by atoms with E-state index in [4.69, 9.17) is 28.4 Å². The zero-order chi connectivity index (χ0) is 35.5. The van der Waals surface area contributed by atoms with Gasteiger partial charge in [-0.2, -0.15) is 8.78 Å². The van der Waals surface area contributed by atoms with E-state index in [0.717, 1.165) is 12.0 Å². The Morgan fingerprint density at radius 3 is 1.92 bits per heavy atom. The summed E-state index contributed by atoms with van der Waals surface area (Å²) in [7, 11) is 0. The summed E-state index contributed by atoms with van der Waals surface area (Å²) < 4.78 is 103. The van der Waals surface area contributed by atoms with Crippen molar-refractivity contribution in [2.45, 2.75) is 64.1 Å². The number of esters is 1. The molecule has 0 aliphatic carbocycles. The van der Waals surface area contributed by atoms with Gasteiger partial charge in [0.15, 0.2) is 6.29 Å². The smallest absolute Gasteiger partial charge is 0.313 e. The Labute approximate surface area is 276 Å². The minimum absolute atomic E-state index is 0.0399. The molecule has 12 nitrogen and oxygen atoms in total. The molecule has 1 aliphatic heterocycles. The number of aliphatic hydroxyl groups is 3. The van der Waals surface area contributed by atoms with Crippen LogP contribution >= 0.6 is 0 Å². The van der Waals surface area contributed by atoms with Crippen LogP contribution in [0.25, 0.3) is 0 Å². The molecule has 0 saturated carbocycles. The molecule has 0 amide bonds. The third-order valence-electron chi connectivity index (χ3n) is 7.24. The molecular formula is C31H46F5NO11. The van der Waals surface area contributed by atoms with Gasteiger partial charge in [0, 0.05) is 13.0 Å². The van der Waals surface area contributed by atoms with Crippen molar-refractivity contribution in [3.63, 3.8) is 0 Å². The molecule has 2 rings (SSSR count). The third kappa shape index (κ3) is 14.6. The second kappa shape index (κ2) is 23.0. The highest BCUT2D eigenvalue weighted by atomic mass is 19.2. The van der Waals surface area contributed by atoms with Crippen molar-refractivity contribution in [1.29, 1.82) is 0 Å². The van der Waals surface area contributed by atoms with E-state index >= 15 is 0 Å². The number of hydrogen-bond donors (Lipinski definition) is 4. The lowest BCUT2D eigenvalue weighted by molar-refractivity contribution is -0.242. The third-order valence-corrected chi connectivity index (χ3v) is 7.24. The largest absolute Gasteiger partial charge is 0.420 e. The van der Waals surface area contributed by atoms with Crippen LogP contribution in [0.5, 0.6) is 5.75 Å². The maximum absolute atomic E-state index is 13.6. The molecule has 276 valence electrons. The van der Waals surface area contributed by atoms with Gasteiger partial charge in [0.1, 0.15) is 12.2 Å². The quantitative estimate of drug-likeness (QED) is 0.0313. The summed E-state index contributed by atoms with van der Waals surface area (Å²) in [4.78, 5) is 11.7. The molecule has 1 fully saturated rings. The van der Waals surface area contributed by atoms with E-state index in [-0.39, 0.29) is 39.5 Å². The van der Waals surface area contributed by atoms with E-state index in [1.54, 1.807) is 0 Å². The Balaban J connectivity index is 1.44. The first-order valence-electron chi connectivity index (χ1n) is 15.7. The number of ether oxygens (including phenoxy) is 7.